The number of ether oxygens (including phenoxy) is 2. The molecule has 1 aliphatic carbocycles. The fourth-order valence-corrected chi connectivity index (χ4v) is 2.97. The Labute approximate surface area is 120 Å². The van der Waals surface area contributed by atoms with Crippen LogP contribution in [0.4, 0.5) is 0 Å². The molecule has 1 aliphatic rings. The third-order valence-corrected chi connectivity index (χ3v) is 3.85. The van der Waals surface area contributed by atoms with E-state index in [2.05, 4.69) is 0 Å². The zero-order valence-corrected chi connectivity index (χ0v) is 12.5. The quantitative estimate of drug-likeness (QED) is 0.552. The Morgan fingerprint density at radius 2 is 1.50 bits per heavy atom. The molecule has 0 aromatic rings. The van der Waals surface area contributed by atoms with Crippen LogP contribution in [0.15, 0.2) is 0 Å². The van der Waals surface area contributed by atoms with Crippen LogP contribution in [0.3, 0.4) is 0 Å². The molecule has 1 fully saturated rings. The van der Waals surface area contributed by atoms with Gasteiger partial charge in [-0.05, 0) is 39.5 Å². The van der Waals surface area contributed by atoms with Crippen molar-refractivity contribution in [1.29, 1.82) is 0 Å². The van der Waals surface area contributed by atoms with Gasteiger partial charge in [0.25, 0.3) is 0 Å². The maximum atomic E-state index is 12.1. The van der Waals surface area contributed by atoms with Gasteiger partial charge in [0.1, 0.15) is 5.78 Å². The maximum Gasteiger partial charge on any atom is 0.320 e. The first-order valence-electron chi connectivity index (χ1n) is 7.36. The third kappa shape index (κ3) is 4.05. The number of hydrogen-bond acceptors (Lipinski definition) is 5. The summed E-state index contributed by atoms with van der Waals surface area (Å²) in [4.78, 5) is 36.0. The summed E-state index contributed by atoms with van der Waals surface area (Å²) in [6, 6.07) is 0. The first-order valence-corrected chi connectivity index (χ1v) is 7.36. The van der Waals surface area contributed by atoms with Gasteiger partial charge in [-0.25, -0.2) is 0 Å². The summed E-state index contributed by atoms with van der Waals surface area (Å²) in [5, 5.41) is 0. The number of carbonyl (C=O) groups is 3. The molecule has 0 aliphatic heterocycles. The predicted molar refractivity (Wildman–Crippen MR) is 72.9 cm³/mol. The first-order chi connectivity index (χ1) is 9.52. The van der Waals surface area contributed by atoms with E-state index in [-0.39, 0.29) is 30.8 Å². The van der Waals surface area contributed by atoms with Crippen molar-refractivity contribution in [3.63, 3.8) is 0 Å². The second kappa shape index (κ2) is 8.02. The SMILES string of the molecule is CCOC(=O)C(C(=O)OCC)C1CCCCC1C(C)=O. The molecule has 1 rings (SSSR count). The first kappa shape index (κ1) is 16.7. The number of Topliss-reactive ketones (excluding diaryl/α,β-unsaturated/α-hetero) is 1. The molecule has 0 radical (unpaired) electrons. The zero-order chi connectivity index (χ0) is 15.1. The lowest BCUT2D eigenvalue weighted by molar-refractivity contribution is -0.166. The molecule has 0 aromatic carbocycles. The Hall–Kier alpha value is -1.39. The van der Waals surface area contributed by atoms with Crippen LogP contribution in [0.25, 0.3) is 0 Å². The topological polar surface area (TPSA) is 69.7 Å². The molecule has 2 atom stereocenters. The van der Waals surface area contributed by atoms with Crippen molar-refractivity contribution >= 4 is 17.7 Å². The second-order valence-electron chi connectivity index (χ2n) is 5.15. The van der Waals surface area contributed by atoms with E-state index < -0.39 is 17.9 Å². The molecular formula is C15H24O5. The van der Waals surface area contributed by atoms with Crippen molar-refractivity contribution in [2.75, 3.05) is 13.2 Å². The Bertz CT molecular complexity index is 345. The van der Waals surface area contributed by atoms with Crippen molar-refractivity contribution in [3.05, 3.63) is 0 Å². The summed E-state index contributed by atoms with van der Waals surface area (Å²) < 4.78 is 10.0. The number of hydrogen-bond donors (Lipinski definition) is 0. The van der Waals surface area contributed by atoms with Crippen molar-refractivity contribution < 1.29 is 23.9 Å². The van der Waals surface area contributed by atoms with Crippen molar-refractivity contribution in [3.8, 4) is 0 Å². The van der Waals surface area contributed by atoms with E-state index in [1.54, 1.807) is 13.8 Å². The van der Waals surface area contributed by atoms with Crippen LogP contribution in [0.2, 0.25) is 0 Å². The molecule has 5 nitrogen and oxygen atoms in total. The van der Waals surface area contributed by atoms with Gasteiger partial charge in [-0.1, -0.05) is 12.8 Å². The second-order valence-corrected chi connectivity index (χ2v) is 5.15. The van der Waals surface area contributed by atoms with Gasteiger partial charge in [0.05, 0.1) is 13.2 Å². The van der Waals surface area contributed by atoms with Gasteiger partial charge in [-0.3, -0.25) is 14.4 Å². The average molecular weight is 284 g/mol. The molecule has 114 valence electrons. The molecule has 0 bridgehead atoms. The molecule has 0 saturated heterocycles. The molecule has 2 unspecified atom stereocenters. The minimum Gasteiger partial charge on any atom is -0.465 e. The number of ketones is 1. The van der Waals surface area contributed by atoms with E-state index >= 15 is 0 Å². The fourth-order valence-electron chi connectivity index (χ4n) is 2.97. The molecule has 0 amide bonds. The summed E-state index contributed by atoms with van der Waals surface area (Å²) in [5.74, 6) is -2.60. The van der Waals surface area contributed by atoms with E-state index in [0.717, 1.165) is 19.3 Å². The lowest BCUT2D eigenvalue weighted by atomic mass is 9.71. The number of carbonyl (C=O) groups excluding carboxylic acids is 3. The van der Waals surface area contributed by atoms with Crippen LogP contribution in [-0.2, 0) is 23.9 Å². The summed E-state index contributed by atoms with van der Waals surface area (Å²) in [5.41, 5.74) is 0. The van der Waals surface area contributed by atoms with Crippen molar-refractivity contribution in [2.45, 2.75) is 46.5 Å². The van der Waals surface area contributed by atoms with E-state index in [9.17, 15) is 14.4 Å². The molecular weight excluding hydrogens is 260 g/mol. The molecule has 5 heteroatoms. The Morgan fingerprint density at radius 1 is 1.00 bits per heavy atom. The van der Waals surface area contributed by atoms with Crippen LogP contribution < -0.4 is 0 Å². The average Bonchev–Trinajstić information content (AvgIpc) is 2.40. The van der Waals surface area contributed by atoms with Crippen LogP contribution in [0.1, 0.15) is 46.5 Å². The monoisotopic (exact) mass is 284 g/mol. The maximum absolute atomic E-state index is 12.1. The molecule has 1 saturated carbocycles. The Kier molecular flexibility index (Phi) is 6.68. The molecule has 20 heavy (non-hydrogen) atoms. The van der Waals surface area contributed by atoms with Crippen LogP contribution in [0.5, 0.6) is 0 Å². The largest absolute Gasteiger partial charge is 0.465 e. The van der Waals surface area contributed by atoms with Crippen LogP contribution in [0, 0.1) is 17.8 Å². The lowest BCUT2D eigenvalue weighted by Gasteiger charge is -2.33. The fraction of sp³-hybridized carbons (Fsp3) is 0.800. The highest BCUT2D eigenvalue weighted by atomic mass is 16.6. The zero-order valence-electron chi connectivity index (χ0n) is 12.5. The minimum atomic E-state index is -0.968. The van der Waals surface area contributed by atoms with Gasteiger partial charge < -0.3 is 9.47 Å². The van der Waals surface area contributed by atoms with Gasteiger partial charge in [0.15, 0.2) is 5.92 Å². The van der Waals surface area contributed by atoms with Crippen molar-refractivity contribution in [1.82, 2.24) is 0 Å². The summed E-state index contributed by atoms with van der Waals surface area (Å²) in [6.07, 6.45) is 3.30. The lowest BCUT2D eigenvalue weighted by Crippen LogP contribution is -2.41. The van der Waals surface area contributed by atoms with Gasteiger partial charge in [0.2, 0.25) is 0 Å². The standard InChI is InChI=1S/C15H24O5/c1-4-19-14(17)13(15(18)20-5-2)12-9-7-6-8-11(12)10(3)16/h11-13H,4-9H2,1-3H3. The minimum absolute atomic E-state index is 0.0355. The third-order valence-electron chi connectivity index (χ3n) is 3.85. The van der Waals surface area contributed by atoms with E-state index in [4.69, 9.17) is 9.47 Å². The highest BCUT2D eigenvalue weighted by molar-refractivity contribution is 5.96. The summed E-state index contributed by atoms with van der Waals surface area (Å²) in [7, 11) is 0. The smallest absolute Gasteiger partial charge is 0.320 e. The highest BCUT2D eigenvalue weighted by Gasteiger charge is 2.43. The number of rotatable bonds is 6. The highest BCUT2D eigenvalue weighted by Crippen LogP contribution is 2.37. The van der Waals surface area contributed by atoms with Gasteiger partial charge in [0, 0.05) is 5.92 Å². The number of esters is 2. The van der Waals surface area contributed by atoms with Gasteiger partial charge in [-0.15, -0.1) is 0 Å². The summed E-state index contributed by atoms with van der Waals surface area (Å²) in [6.45, 7) is 5.35. The molecule has 0 aromatic heterocycles. The normalized spacial score (nSPS) is 22.4. The van der Waals surface area contributed by atoms with E-state index in [0.29, 0.717) is 6.42 Å². The van der Waals surface area contributed by atoms with Crippen molar-refractivity contribution in [2.24, 2.45) is 17.8 Å². The molecule has 0 N–H and O–H groups in total. The van der Waals surface area contributed by atoms with Crippen LogP contribution in [-0.4, -0.2) is 30.9 Å². The van der Waals surface area contributed by atoms with Gasteiger partial charge in [-0.2, -0.15) is 0 Å². The van der Waals surface area contributed by atoms with E-state index in [1.165, 1.54) is 6.92 Å². The van der Waals surface area contributed by atoms with Gasteiger partial charge >= 0.3 is 11.9 Å². The van der Waals surface area contributed by atoms with Crippen LogP contribution >= 0.6 is 0 Å². The molecule has 0 heterocycles. The van der Waals surface area contributed by atoms with E-state index in [1.807, 2.05) is 0 Å². The summed E-state index contributed by atoms with van der Waals surface area (Å²) >= 11 is 0. The Balaban J connectivity index is 2.97. The predicted octanol–water partition coefficient (Wildman–Crippen LogP) is 2.12. The molecule has 0 spiro atoms. The Morgan fingerprint density at radius 3 is 1.95 bits per heavy atom.